The highest BCUT2D eigenvalue weighted by molar-refractivity contribution is 7.99. The second-order valence-electron chi connectivity index (χ2n) is 8.26. The molecule has 4 aromatic rings. The molecule has 1 saturated heterocycles. The Kier molecular flexibility index (Phi) is 7.41. The number of amides is 2. The summed E-state index contributed by atoms with van der Waals surface area (Å²) in [6, 6.07) is 18.7. The molecule has 5 rings (SSSR count). The van der Waals surface area contributed by atoms with Crippen molar-refractivity contribution in [2.24, 2.45) is 0 Å². The monoisotopic (exact) mass is 518 g/mol. The number of nitrogens with one attached hydrogen (secondary N) is 1. The molecule has 0 saturated carbocycles. The Morgan fingerprint density at radius 2 is 1.78 bits per heavy atom. The smallest absolute Gasteiger partial charge is 0.277 e. The summed E-state index contributed by atoms with van der Waals surface area (Å²) in [7, 11) is 0. The Labute approximate surface area is 216 Å². The number of pyridine rings is 1. The van der Waals surface area contributed by atoms with Crippen molar-refractivity contribution in [1.82, 2.24) is 20.1 Å². The third-order valence-corrected chi connectivity index (χ3v) is 6.59. The lowest BCUT2D eigenvalue weighted by Gasteiger charge is -2.36. The molecule has 2 aromatic carbocycles. The number of carbonyl (C=O) groups is 2. The Balaban J connectivity index is 1.09. The van der Waals surface area contributed by atoms with Crippen LogP contribution in [0.15, 0.2) is 82.6 Å². The van der Waals surface area contributed by atoms with E-state index in [4.69, 9.17) is 4.42 Å². The van der Waals surface area contributed by atoms with E-state index in [-0.39, 0.29) is 17.6 Å². The largest absolute Gasteiger partial charge is 0.410 e. The maximum absolute atomic E-state index is 13.5. The number of carbonyl (C=O) groups excluding carboxylic acids is 2. The molecule has 1 aliphatic rings. The molecule has 0 bridgehead atoms. The molecule has 0 spiro atoms. The van der Waals surface area contributed by atoms with E-state index in [2.05, 4.69) is 25.4 Å². The van der Waals surface area contributed by atoms with Crippen molar-refractivity contribution >= 4 is 35.0 Å². The first-order chi connectivity index (χ1) is 18.0. The highest BCUT2D eigenvalue weighted by Crippen LogP contribution is 2.23. The van der Waals surface area contributed by atoms with Gasteiger partial charge < -0.3 is 19.5 Å². The number of hydrogen-bond donors (Lipinski definition) is 1. The highest BCUT2D eigenvalue weighted by Gasteiger charge is 2.22. The SMILES string of the molecule is O=C(CSc1nnc(-c2ccccn2)o1)Nc1ccc(N2CCN(C(=O)c3cccc(F)c3)CC2)cc1. The first-order valence-electron chi connectivity index (χ1n) is 11.6. The highest BCUT2D eigenvalue weighted by atomic mass is 32.2. The van der Waals surface area contributed by atoms with Crippen molar-refractivity contribution in [3.05, 3.63) is 84.3 Å². The van der Waals surface area contributed by atoms with Crippen LogP contribution >= 0.6 is 11.8 Å². The first kappa shape index (κ1) is 24.4. The van der Waals surface area contributed by atoms with E-state index in [1.807, 2.05) is 30.3 Å². The molecule has 0 radical (unpaired) electrons. The van der Waals surface area contributed by atoms with E-state index in [1.54, 1.807) is 35.4 Å². The topological polar surface area (TPSA) is 104 Å². The third-order valence-electron chi connectivity index (χ3n) is 5.77. The van der Waals surface area contributed by atoms with Crippen molar-refractivity contribution in [3.63, 3.8) is 0 Å². The predicted octanol–water partition coefficient (Wildman–Crippen LogP) is 3.96. The summed E-state index contributed by atoms with van der Waals surface area (Å²) in [4.78, 5) is 33.1. The predicted molar refractivity (Wildman–Crippen MR) is 138 cm³/mol. The van der Waals surface area contributed by atoms with Crippen LogP contribution in [0, 0.1) is 5.82 Å². The Bertz CT molecular complexity index is 1370. The number of benzene rings is 2. The lowest BCUT2D eigenvalue weighted by Crippen LogP contribution is -2.48. The van der Waals surface area contributed by atoms with Crippen LogP contribution < -0.4 is 10.2 Å². The Hall–Kier alpha value is -4.25. The van der Waals surface area contributed by atoms with Crippen molar-refractivity contribution in [2.75, 3.05) is 42.1 Å². The summed E-state index contributed by atoms with van der Waals surface area (Å²) < 4.78 is 19.0. The quantitative estimate of drug-likeness (QED) is 0.367. The molecule has 0 unspecified atom stereocenters. The van der Waals surface area contributed by atoms with Crippen molar-refractivity contribution < 1.29 is 18.4 Å². The molecule has 0 atom stereocenters. The summed E-state index contributed by atoms with van der Waals surface area (Å²) in [5.74, 6) is -0.353. The molecule has 2 amide bonds. The normalized spacial score (nSPS) is 13.4. The lowest BCUT2D eigenvalue weighted by atomic mass is 10.1. The van der Waals surface area contributed by atoms with Gasteiger partial charge in [-0.2, -0.15) is 0 Å². The van der Waals surface area contributed by atoms with Gasteiger partial charge in [0.15, 0.2) is 0 Å². The van der Waals surface area contributed by atoms with Gasteiger partial charge in [-0.1, -0.05) is 23.9 Å². The van der Waals surface area contributed by atoms with Gasteiger partial charge in [-0.25, -0.2) is 4.39 Å². The Morgan fingerprint density at radius 3 is 2.51 bits per heavy atom. The minimum Gasteiger partial charge on any atom is -0.410 e. The molecule has 1 N–H and O–H groups in total. The molecular weight excluding hydrogens is 495 g/mol. The lowest BCUT2D eigenvalue weighted by molar-refractivity contribution is -0.113. The van der Waals surface area contributed by atoms with E-state index in [0.717, 1.165) is 17.4 Å². The van der Waals surface area contributed by atoms with Gasteiger partial charge in [0.2, 0.25) is 5.91 Å². The van der Waals surface area contributed by atoms with Gasteiger partial charge in [0.05, 0.1) is 5.75 Å². The maximum atomic E-state index is 13.5. The molecule has 11 heteroatoms. The van der Waals surface area contributed by atoms with Crippen molar-refractivity contribution in [2.45, 2.75) is 5.22 Å². The van der Waals surface area contributed by atoms with Crippen LogP contribution in [0.1, 0.15) is 10.4 Å². The summed E-state index contributed by atoms with van der Waals surface area (Å²) in [5.41, 5.74) is 2.61. The molecule has 37 heavy (non-hydrogen) atoms. The second-order valence-corrected chi connectivity index (χ2v) is 9.19. The first-order valence-corrected chi connectivity index (χ1v) is 12.6. The van der Waals surface area contributed by atoms with E-state index in [1.165, 1.54) is 12.1 Å². The fraction of sp³-hybridized carbons (Fsp3) is 0.192. The zero-order valence-electron chi connectivity index (χ0n) is 19.7. The van der Waals surface area contributed by atoms with Crippen LogP contribution in [-0.4, -0.2) is 63.8 Å². The van der Waals surface area contributed by atoms with Gasteiger partial charge >= 0.3 is 0 Å². The minimum atomic E-state index is -0.417. The van der Waals surface area contributed by atoms with E-state index < -0.39 is 5.82 Å². The molecular formula is C26H23FN6O3S. The van der Waals surface area contributed by atoms with Gasteiger partial charge in [0, 0.05) is 49.3 Å². The van der Waals surface area contributed by atoms with E-state index in [9.17, 15) is 14.0 Å². The van der Waals surface area contributed by atoms with Crippen LogP contribution in [0.25, 0.3) is 11.6 Å². The summed E-state index contributed by atoms with van der Waals surface area (Å²) in [6.07, 6.45) is 1.64. The number of rotatable bonds is 7. The molecule has 9 nitrogen and oxygen atoms in total. The zero-order chi connectivity index (χ0) is 25.6. The molecule has 1 fully saturated rings. The second kappa shape index (κ2) is 11.2. The third kappa shape index (κ3) is 6.12. The van der Waals surface area contributed by atoms with E-state index >= 15 is 0 Å². The zero-order valence-corrected chi connectivity index (χ0v) is 20.5. The number of thioether (sulfide) groups is 1. The molecule has 188 valence electrons. The van der Waals surface area contributed by atoms with Crippen LogP contribution in [-0.2, 0) is 4.79 Å². The van der Waals surface area contributed by atoms with Gasteiger partial charge in [0.25, 0.3) is 17.0 Å². The van der Waals surface area contributed by atoms with Crippen LogP contribution in [0.3, 0.4) is 0 Å². The average Bonchev–Trinajstić information content (AvgIpc) is 3.42. The number of anilines is 2. The molecule has 3 heterocycles. The Morgan fingerprint density at radius 1 is 0.973 bits per heavy atom. The molecule has 1 aliphatic heterocycles. The number of aromatic nitrogens is 3. The summed E-state index contributed by atoms with van der Waals surface area (Å²) in [6.45, 7) is 2.41. The number of piperazine rings is 1. The van der Waals surface area contributed by atoms with Crippen LogP contribution in [0.2, 0.25) is 0 Å². The number of halogens is 1. The van der Waals surface area contributed by atoms with Gasteiger partial charge in [-0.05, 0) is 54.6 Å². The summed E-state index contributed by atoms with van der Waals surface area (Å²) >= 11 is 1.15. The van der Waals surface area contributed by atoms with E-state index in [0.29, 0.717) is 54.2 Å². The average molecular weight is 519 g/mol. The standard InChI is InChI=1S/C26H23FN6O3S/c27-19-5-3-4-18(16-19)25(35)33-14-12-32(13-15-33)21-9-7-20(8-10-21)29-23(34)17-37-26-31-30-24(36-26)22-6-1-2-11-28-22/h1-11,16H,12-15,17H2,(H,29,34). The van der Waals surface area contributed by atoms with Crippen molar-refractivity contribution in [1.29, 1.82) is 0 Å². The van der Waals surface area contributed by atoms with Gasteiger partial charge in [0.1, 0.15) is 11.5 Å². The summed E-state index contributed by atoms with van der Waals surface area (Å²) in [5, 5.41) is 11.1. The number of nitrogens with zero attached hydrogens (tertiary/aromatic N) is 5. The van der Waals surface area contributed by atoms with Gasteiger partial charge in [-0.15, -0.1) is 10.2 Å². The maximum Gasteiger partial charge on any atom is 0.277 e. The van der Waals surface area contributed by atoms with Crippen LogP contribution in [0.4, 0.5) is 15.8 Å². The fourth-order valence-electron chi connectivity index (χ4n) is 3.91. The molecule has 0 aliphatic carbocycles. The van der Waals surface area contributed by atoms with Crippen molar-refractivity contribution in [3.8, 4) is 11.6 Å². The minimum absolute atomic E-state index is 0.118. The van der Waals surface area contributed by atoms with Gasteiger partial charge in [-0.3, -0.25) is 14.6 Å². The fourth-order valence-corrected chi connectivity index (χ4v) is 4.48. The molecule has 2 aromatic heterocycles. The van der Waals surface area contributed by atoms with Crippen LogP contribution in [0.5, 0.6) is 0 Å². The number of hydrogen-bond acceptors (Lipinski definition) is 8.